The van der Waals surface area contributed by atoms with Crippen LogP contribution >= 0.6 is 0 Å². The first-order valence-corrected chi connectivity index (χ1v) is 8.70. The van der Waals surface area contributed by atoms with Crippen LogP contribution < -0.4 is 0 Å². The number of rotatable bonds is 4. The molecule has 0 aromatic rings. The average molecular weight is 246 g/mol. The fourth-order valence-corrected chi connectivity index (χ4v) is 5.17. The molecule has 1 heterocycles. The molecule has 4 heteroatoms. The first-order valence-electron chi connectivity index (χ1n) is 6.38. The molecule has 0 aliphatic carbocycles. The second-order valence-electron chi connectivity index (χ2n) is 4.71. The van der Waals surface area contributed by atoms with Crippen molar-refractivity contribution < 1.29 is 13.6 Å². The summed E-state index contributed by atoms with van der Waals surface area (Å²) < 4.78 is 17.6. The number of hydrogen-bond acceptors (Lipinski definition) is 3. The van der Waals surface area contributed by atoms with Gasteiger partial charge in [-0.25, -0.2) is 0 Å². The smallest absolute Gasteiger partial charge is 0.367 e. The van der Waals surface area contributed by atoms with Crippen LogP contribution in [-0.4, -0.2) is 34.6 Å². The molecule has 1 aliphatic rings. The highest BCUT2D eigenvalue weighted by molar-refractivity contribution is 6.69. The molecule has 0 saturated carbocycles. The normalized spacial score (nSPS) is 28.5. The molecular weight excluding hydrogens is 220 g/mol. The van der Waals surface area contributed by atoms with Gasteiger partial charge in [0.2, 0.25) is 0 Å². The van der Waals surface area contributed by atoms with Crippen LogP contribution in [0.4, 0.5) is 0 Å². The maximum absolute atomic E-state index is 6.18. The highest BCUT2D eigenvalue weighted by atomic mass is 28.4. The van der Waals surface area contributed by atoms with Gasteiger partial charge in [0.1, 0.15) is 5.22 Å². The fourth-order valence-electron chi connectivity index (χ4n) is 2.62. The van der Waals surface area contributed by atoms with E-state index in [1.165, 1.54) is 25.7 Å². The van der Waals surface area contributed by atoms with Gasteiger partial charge in [0.05, 0.1) is 0 Å². The molecule has 1 rings (SSSR count). The Hall–Kier alpha value is 0.0969. The van der Waals surface area contributed by atoms with Gasteiger partial charge >= 0.3 is 8.56 Å². The van der Waals surface area contributed by atoms with E-state index in [2.05, 4.69) is 13.5 Å². The molecule has 1 unspecified atom stereocenters. The van der Waals surface area contributed by atoms with Crippen molar-refractivity contribution in [2.75, 3.05) is 20.8 Å². The molecule has 0 radical (unpaired) electrons. The van der Waals surface area contributed by atoms with E-state index in [1.807, 2.05) is 0 Å². The van der Waals surface area contributed by atoms with Crippen LogP contribution in [0.3, 0.4) is 0 Å². The lowest BCUT2D eigenvalue weighted by Crippen LogP contribution is -2.61. The predicted molar refractivity (Wildman–Crippen MR) is 67.7 cm³/mol. The Morgan fingerprint density at radius 3 is 2.31 bits per heavy atom. The maximum atomic E-state index is 6.18. The first kappa shape index (κ1) is 14.2. The van der Waals surface area contributed by atoms with Crippen LogP contribution in [0.1, 0.15) is 45.4 Å². The molecule has 16 heavy (non-hydrogen) atoms. The van der Waals surface area contributed by atoms with Gasteiger partial charge in [-0.05, 0) is 25.8 Å². The summed E-state index contributed by atoms with van der Waals surface area (Å²) in [6.07, 6.45) is 7.05. The van der Waals surface area contributed by atoms with E-state index in [0.29, 0.717) is 0 Å². The zero-order valence-electron chi connectivity index (χ0n) is 11.2. The van der Waals surface area contributed by atoms with Gasteiger partial charge in [-0.2, -0.15) is 0 Å². The summed E-state index contributed by atoms with van der Waals surface area (Å²) in [6, 6.07) is 0. The summed E-state index contributed by atoms with van der Waals surface area (Å²) in [5.74, 6) is 0. The Balaban J connectivity index is 2.86. The molecule has 0 N–H and O–H groups in total. The van der Waals surface area contributed by atoms with E-state index in [0.717, 1.165) is 19.4 Å². The molecule has 1 atom stereocenters. The Labute approximate surface area is 101 Å². The van der Waals surface area contributed by atoms with Crippen LogP contribution in [0, 0.1) is 0 Å². The van der Waals surface area contributed by atoms with E-state index in [4.69, 9.17) is 13.6 Å². The molecule has 1 fully saturated rings. The Bertz CT molecular complexity index is 196. The van der Waals surface area contributed by atoms with Crippen molar-refractivity contribution in [3.63, 3.8) is 0 Å². The highest BCUT2D eigenvalue weighted by Gasteiger charge is 2.53. The lowest BCUT2D eigenvalue weighted by molar-refractivity contribution is -0.0404. The summed E-state index contributed by atoms with van der Waals surface area (Å²) >= 11 is 0. The van der Waals surface area contributed by atoms with Crippen molar-refractivity contribution in [1.29, 1.82) is 0 Å². The van der Waals surface area contributed by atoms with Crippen LogP contribution in [0.15, 0.2) is 0 Å². The van der Waals surface area contributed by atoms with Crippen molar-refractivity contribution in [1.82, 2.24) is 0 Å². The second-order valence-corrected chi connectivity index (χ2v) is 8.33. The molecule has 0 aromatic carbocycles. The van der Waals surface area contributed by atoms with Crippen molar-refractivity contribution >= 4 is 8.56 Å². The molecule has 0 aromatic heterocycles. The van der Waals surface area contributed by atoms with Crippen molar-refractivity contribution in [2.24, 2.45) is 0 Å². The highest BCUT2D eigenvalue weighted by Crippen LogP contribution is 2.36. The monoisotopic (exact) mass is 246 g/mol. The lowest BCUT2D eigenvalue weighted by Gasteiger charge is -2.44. The maximum Gasteiger partial charge on any atom is 0.367 e. The fraction of sp³-hybridized carbons (Fsp3) is 1.00. The first-order chi connectivity index (χ1) is 7.64. The summed E-state index contributed by atoms with van der Waals surface area (Å²) in [4.78, 5) is 0. The molecule has 96 valence electrons. The summed E-state index contributed by atoms with van der Waals surface area (Å²) in [6.45, 7) is 5.16. The van der Waals surface area contributed by atoms with Gasteiger partial charge in [0.15, 0.2) is 0 Å². The van der Waals surface area contributed by atoms with Crippen molar-refractivity contribution in [2.45, 2.75) is 57.2 Å². The van der Waals surface area contributed by atoms with Gasteiger partial charge in [-0.1, -0.05) is 26.2 Å². The number of hydrogen-bond donors (Lipinski definition) is 0. The van der Waals surface area contributed by atoms with Gasteiger partial charge in [0, 0.05) is 20.8 Å². The lowest BCUT2D eigenvalue weighted by atomic mass is 10.0. The molecule has 0 bridgehead atoms. The van der Waals surface area contributed by atoms with Crippen molar-refractivity contribution in [3.8, 4) is 0 Å². The van der Waals surface area contributed by atoms with Crippen molar-refractivity contribution in [3.05, 3.63) is 0 Å². The Kier molecular flexibility index (Phi) is 5.44. The topological polar surface area (TPSA) is 27.7 Å². The quantitative estimate of drug-likeness (QED) is 0.714. The summed E-state index contributed by atoms with van der Waals surface area (Å²) in [5.41, 5.74) is 0. The third-order valence-electron chi connectivity index (χ3n) is 4.03. The number of ether oxygens (including phenoxy) is 1. The molecule has 3 nitrogen and oxygen atoms in total. The second kappa shape index (κ2) is 6.14. The van der Waals surface area contributed by atoms with E-state index in [-0.39, 0.29) is 5.22 Å². The van der Waals surface area contributed by atoms with Crippen LogP contribution in [-0.2, 0) is 13.6 Å². The van der Waals surface area contributed by atoms with Gasteiger partial charge in [-0.15, -0.1) is 0 Å². The molecule has 0 spiro atoms. The Morgan fingerprint density at radius 2 is 1.75 bits per heavy atom. The minimum atomic E-state index is -2.22. The SMILES string of the molecule is CCC1([Si](C)(OC)OC)CCCCCCO1. The summed E-state index contributed by atoms with van der Waals surface area (Å²) in [7, 11) is 1.29. The standard InChI is InChI=1S/C12H26O3Si/c1-5-12(16(4,13-2)14-3)10-8-6-7-9-11-15-12/h5-11H2,1-4H3. The molecule has 1 saturated heterocycles. The largest absolute Gasteiger partial charge is 0.396 e. The van der Waals surface area contributed by atoms with E-state index < -0.39 is 8.56 Å². The van der Waals surface area contributed by atoms with Gasteiger partial charge in [-0.3, -0.25) is 0 Å². The van der Waals surface area contributed by atoms with Crippen LogP contribution in [0.2, 0.25) is 6.55 Å². The third kappa shape index (κ3) is 2.67. The Morgan fingerprint density at radius 1 is 1.12 bits per heavy atom. The minimum Gasteiger partial charge on any atom is -0.396 e. The predicted octanol–water partition coefficient (Wildman–Crippen LogP) is 3.02. The molecule has 1 aliphatic heterocycles. The van der Waals surface area contributed by atoms with Gasteiger partial charge < -0.3 is 13.6 Å². The molecule has 0 amide bonds. The zero-order chi connectivity index (χ0) is 12.1. The minimum absolute atomic E-state index is 0.156. The van der Waals surface area contributed by atoms with E-state index in [9.17, 15) is 0 Å². The van der Waals surface area contributed by atoms with Crippen LogP contribution in [0.5, 0.6) is 0 Å². The van der Waals surface area contributed by atoms with E-state index in [1.54, 1.807) is 14.2 Å². The zero-order valence-corrected chi connectivity index (χ0v) is 12.2. The van der Waals surface area contributed by atoms with Gasteiger partial charge in [0.25, 0.3) is 0 Å². The summed E-state index contributed by atoms with van der Waals surface area (Å²) in [5, 5.41) is -0.156. The molecular formula is C12H26O3Si. The van der Waals surface area contributed by atoms with E-state index >= 15 is 0 Å². The average Bonchev–Trinajstić information content (AvgIpc) is 2.28. The van der Waals surface area contributed by atoms with Crippen LogP contribution in [0.25, 0.3) is 0 Å². The third-order valence-corrected chi connectivity index (χ3v) is 7.99.